The minimum absolute atomic E-state index is 0.0204. The summed E-state index contributed by atoms with van der Waals surface area (Å²) >= 11 is 0. The first-order valence-corrected chi connectivity index (χ1v) is 11.2. The number of rotatable bonds is 4. The number of benzene rings is 1. The van der Waals surface area contributed by atoms with Crippen LogP contribution >= 0.6 is 0 Å². The van der Waals surface area contributed by atoms with Crippen LogP contribution in [0.2, 0.25) is 0 Å². The van der Waals surface area contributed by atoms with Crippen LogP contribution in [0.15, 0.2) is 24.3 Å². The van der Waals surface area contributed by atoms with Crippen LogP contribution < -0.4 is 10.2 Å². The van der Waals surface area contributed by atoms with Crippen LogP contribution in [0.4, 0.5) is 11.4 Å². The maximum absolute atomic E-state index is 13.1. The lowest BCUT2D eigenvalue weighted by atomic mass is 9.93. The van der Waals surface area contributed by atoms with Crippen molar-refractivity contribution in [2.75, 3.05) is 36.4 Å². The summed E-state index contributed by atoms with van der Waals surface area (Å²) in [5.74, 6) is -0.403. The van der Waals surface area contributed by atoms with E-state index in [0.717, 1.165) is 38.8 Å². The van der Waals surface area contributed by atoms with Crippen LogP contribution in [0, 0.1) is 5.92 Å². The third-order valence-corrected chi connectivity index (χ3v) is 6.53. The van der Waals surface area contributed by atoms with Crippen molar-refractivity contribution in [3.8, 4) is 0 Å². The van der Waals surface area contributed by atoms with Gasteiger partial charge < -0.3 is 10.2 Å². The van der Waals surface area contributed by atoms with Crippen molar-refractivity contribution in [1.29, 1.82) is 0 Å². The first-order valence-electron chi connectivity index (χ1n) is 11.2. The Kier molecular flexibility index (Phi) is 6.36. The molecule has 3 aliphatic heterocycles. The minimum atomic E-state index is -0.483. The first kappa shape index (κ1) is 21.5. The molecule has 1 atom stereocenters. The predicted molar refractivity (Wildman–Crippen MR) is 116 cm³/mol. The van der Waals surface area contributed by atoms with E-state index < -0.39 is 6.04 Å². The number of hydrogen-bond donors (Lipinski definition) is 1. The van der Waals surface area contributed by atoms with Crippen LogP contribution in [0.5, 0.6) is 0 Å². The van der Waals surface area contributed by atoms with E-state index in [1.807, 2.05) is 4.90 Å². The molecule has 4 amide bonds. The SMILES string of the molecule is CC(=O)Nc1cccc(N2C(=O)C[C@@H](N3CCC(C(=O)N4CCCCC4)CC3)C2=O)c1. The molecule has 3 fully saturated rings. The molecule has 0 bridgehead atoms. The van der Waals surface area contributed by atoms with Gasteiger partial charge in [0.05, 0.1) is 18.2 Å². The van der Waals surface area contributed by atoms with Crippen LogP contribution in [-0.4, -0.2) is 65.6 Å². The van der Waals surface area contributed by atoms with Gasteiger partial charge in [0.25, 0.3) is 5.91 Å². The van der Waals surface area contributed by atoms with Gasteiger partial charge in [-0.05, 0) is 63.4 Å². The summed E-state index contributed by atoms with van der Waals surface area (Å²) in [5, 5.41) is 2.68. The summed E-state index contributed by atoms with van der Waals surface area (Å²) in [5.41, 5.74) is 1.02. The molecule has 166 valence electrons. The van der Waals surface area contributed by atoms with Gasteiger partial charge in [0.1, 0.15) is 0 Å². The summed E-state index contributed by atoms with van der Waals surface area (Å²) < 4.78 is 0. The summed E-state index contributed by atoms with van der Waals surface area (Å²) in [7, 11) is 0. The minimum Gasteiger partial charge on any atom is -0.342 e. The third-order valence-electron chi connectivity index (χ3n) is 6.53. The lowest BCUT2D eigenvalue weighted by Crippen LogP contribution is -2.49. The number of carbonyl (C=O) groups excluding carboxylic acids is 4. The highest BCUT2D eigenvalue weighted by Crippen LogP contribution is 2.30. The zero-order valence-corrected chi connectivity index (χ0v) is 18.0. The lowest BCUT2D eigenvalue weighted by Gasteiger charge is -2.37. The summed E-state index contributed by atoms with van der Waals surface area (Å²) in [6, 6.07) is 6.29. The molecule has 31 heavy (non-hydrogen) atoms. The average molecular weight is 427 g/mol. The number of hydrogen-bond acceptors (Lipinski definition) is 5. The number of anilines is 2. The third kappa shape index (κ3) is 4.63. The molecule has 8 nitrogen and oxygen atoms in total. The second-order valence-electron chi connectivity index (χ2n) is 8.72. The van der Waals surface area contributed by atoms with Gasteiger partial charge in [-0.3, -0.25) is 24.1 Å². The average Bonchev–Trinajstić information content (AvgIpc) is 3.07. The fourth-order valence-electron chi connectivity index (χ4n) is 4.93. The number of amides is 4. The number of imide groups is 1. The first-order chi connectivity index (χ1) is 14.9. The molecule has 0 unspecified atom stereocenters. The van der Waals surface area contributed by atoms with Crippen molar-refractivity contribution in [2.45, 2.75) is 51.5 Å². The van der Waals surface area contributed by atoms with Crippen LogP contribution in [0.25, 0.3) is 0 Å². The molecule has 3 saturated heterocycles. The fourth-order valence-corrected chi connectivity index (χ4v) is 4.93. The number of nitrogens with one attached hydrogen (secondary N) is 1. The summed E-state index contributed by atoms with van der Waals surface area (Å²) in [6.45, 7) is 4.43. The Labute approximate surface area is 182 Å². The molecular weight excluding hydrogens is 396 g/mol. The van der Waals surface area contributed by atoms with Gasteiger partial charge in [0.15, 0.2) is 0 Å². The maximum Gasteiger partial charge on any atom is 0.251 e. The van der Waals surface area contributed by atoms with E-state index in [-0.39, 0.29) is 36.0 Å². The van der Waals surface area contributed by atoms with Crippen molar-refractivity contribution in [1.82, 2.24) is 9.80 Å². The molecule has 3 aliphatic rings. The Morgan fingerprint density at radius 1 is 1.00 bits per heavy atom. The number of likely N-dealkylation sites (tertiary alicyclic amines) is 2. The molecule has 1 aromatic rings. The van der Waals surface area contributed by atoms with E-state index >= 15 is 0 Å². The van der Waals surface area contributed by atoms with Gasteiger partial charge in [-0.15, -0.1) is 0 Å². The van der Waals surface area contributed by atoms with Crippen LogP contribution in [0.3, 0.4) is 0 Å². The Morgan fingerprint density at radius 3 is 2.39 bits per heavy atom. The van der Waals surface area contributed by atoms with E-state index in [2.05, 4.69) is 10.2 Å². The standard InChI is InChI=1S/C23H30N4O4/c1-16(28)24-18-6-5-7-19(14-18)27-21(29)15-20(23(27)31)25-12-8-17(9-13-25)22(30)26-10-3-2-4-11-26/h5-7,14,17,20H,2-4,8-13,15H2,1H3,(H,24,28)/t20-/m1/s1. The van der Waals surface area contributed by atoms with Crippen molar-refractivity contribution in [3.63, 3.8) is 0 Å². The molecular formula is C23H30N4O4. The van der Waals surface area contributed by atoms with Gasteiger partial charge in [0.2, 0.25) is 17.7 Å². The Hall–Kier alpha value is -2.74. The zero-order valence-electron chi connectivity index (χ0n) is 18.0. The predicted octanol–water partition coefficient (Wildman–Crippen LogP) is 2.00. The van der Waals surface area contributed by atoms with E-state index in [9.17, 15) is 19.2 Å². The number of nitrogens with zero attached hydrogens (tertiary/aromatic N) is 3. The maximum atomic E-state index is 13.1. The lowest BCUT2D eigenvalue weighted by molar-refractivity contribution is -0.138. The van der Waals surface area contributed by atoms with E-state index in [0.29, 0.717) is 24.5 Å². The van der Waals surface area contributed by atoms with Gasteiger partial charge in [-0.2, -0.15) is 0 Å². The Balaban J connectivity index is 1.38. The van der Waals surface area contributed by atoms with Crippen molar-refractivity contribution >= 4 is 35.0 Å². The number of piperidine rings is 2. The summed E-state index contributed by atoms with van der Waals surface area (Å²) in [6.07, 6.45) is 4.97. The highest BCUT2D eigenvalue weighted by atomic mass is 16.2. The van der Waals surface area contributed by atoms with E-state index in [4.69, 9.17) is 0 Å². The molecule has 0 aromatic heterocycles. The van der Waals surface area contributed by atoms with Crippen molar-refractivity contribution in [2.24, 2.45) is 5.92 Å². The van der Waals surface area contributed by atoms with Crippen molar-refractivity contribution < 1.29 is 19.2 Å². The smallest absolute Gasteiger partial charge is 0.251 e. The normalized spacial score (nSPS) is 23.3. The highest BCUT2D eigenvalue weighted by molar-refractivity contribution is 6.22. The molecule has 1 N–H and O–H groups in total. The van der Waals surface area contributed by atoms with Gasteiger partial charge in [-0.1, -0.05) is 6.07 Å². The fraction of sp³-hybridized carbons (Fsp3) is 0.565. The molecule has 4 rings (SSSR count). The summed E-state index contributed by atoms with van der Waals surface area (Å²) in [4.78, 5) is 55.2. The topological polar surface area (TPSA) is 90.0 Å². The highest BCUT2D eigenvalue weighted by Gasteiger charge is 2.44. The van der Waals surface area contributed by atoms with Crippen molar-refractivity contribution in [3.05, 3.63) is 24.3 Å². The Bertz CT molecular complexity index is 872. The van der Waals surface area contributed by atoms with Gasteiger partial charge >= 0.3 is 0 Å². The monoisotopic (exact) mass is 426 g/mol. The second kappa shape index (κ2) is 9.18. The second-order valence-corrected chi connectivity index (χ2v) is 8.72. The zero-order chi connectivity index (χ0) is 22.0. The van der Waals surface area contributed by atoms with Crippen LogP contribution in [0.1, 0.15) is 45.4 Å². The molecule has 0 radical (unpaired) electrons. The molecule has 0 aliphatic carbocycles. The van der Waals surface area contributed by atoms with E-state index in [1.165, 1.54) is 18.2 Å². The Morgan fingerprint density at radius 2 is 1.71 bits per heavy atom. The molecule has 8 heteroatoms. The van der Waals surface area contributed by atoms with Gasteiger partial charge in [0, 0.05) is 31.6 Å². The van der Waals surface area contributed by atoms with Gasteiger partial charge in [-0.25, -0.2) is 4.90 Å². The molecule has 1 aromatic carbocycles. The van der Waals surface area contributed by atoms with E-state index in [1.54, 1.807) is 24.3 Å². The quantitative estimate of drug-likeness (QED) is 0.744. The largest absolute Gasteiger partial charge is 0.342 e. The van der Waals surface area contributed by atoms with Crippen LogP contribution in [-0.2, 0) is 19.2 Å². The number of carbonyl (C=O) groups is 4. The molecule has 0 saturated carbocycles. The molecule has 0 spiro atoms. The molecule has 3 heterocycles.